The second-order valence-corrected chi connectivity index (χ2v) is 9.64. The molecular weight excluding hydrogens is 286 g/mol. The molecule has 1 rings (SSSR count). The molecule has 1 N–H and O–H groups in total. The number of hydrogen-bond acceptors (Lipinski definition) is 3. The van der Waals surface area contributed by atoms with E-state index in [2.05, 4.69) is 39.9 Å². The van der Waals surface area contributed by atoms with E-state index in [1.165, 1.54) is 4.31 Å². The summed E-state index contributed by atoms with van der Waals surface area (Å²) in [5, 5.41) is 3.38. The first-order valence-electron chi connectivity index (χ1n) is 8.00. The van der Waals surface area contributed by atoms with Crippen molar-refractivity contribution in [2.45, 2.75) is 66.0 Å². The van der Waals surface area contributed by atoms with Gasteiger partial charge < -0.3 is 5.32 Å². The fourth-order valence-corrected chi connectivity index (χ4v) is 4.61. The quantitative estimate of drug-likeness (QED) is 0.815. The van der Waals surface area contributed by atoms with Gasteiger partial charge in [0.2, 0.25) is 0 Å². The Bertz CT molecular complexity index is 415. The third-order valence-electron chi connectivity index (χ3n) is 3.72. The number of hydrogen-bond donors (Lipinski definition) is 1. The minimum absolute atomic E-state index is 0.0384. The molecule has 0 aliphatic carbocycles. The molecule has 0 spiro atoms. The standard InChI is InChI=1S/C15H33N3O2S/c1-13(2)16-11-14-9-7-8-10-18(14)21(19,20)17(6)12-15(3,4)5/h13-14,16H,7-12H2,1-6H3. The third-order valence-corrected chi connectivity index (χ3v) is 5.71. The summed E-state index contributed by atoms with van der Waals surface area (Å²) in [7, 11) is -1.67. The van der Waals surface area contributed by atoms with Crippen LogP contribution in [0.3, 0.4) is 0 Å². The summed E-state index contributed by atoms with van der Waals surface area (Å²) in [6.45, 7) is 12.3. The zero-order valence-electron chi connectivity index (χ0n) is 14.5. The smallest absolute Gasteiger partial charge is 0.282 e. The van der Waals surface area contributed by atoms with Crippen LogP contribution in [-0.4, -0.2) is 55.8 Å². The van der Waals surface area contributed by atoms with Gasteiger partial charge in [-0.3, -0.25) is 0 Å². The summed E-state index contributed by atoms with van der Waals surface area (Å²) in [5.74, 6) is 0. The Balaban J connectivity index is 2.81. The van der Waals surface area contributed by atoms with E-state index in [0.717, 1.165) is 25.8 Å². The second-order valence-electron chi connectivity index (χ2n) is 7.65. The van der Waals surface area contributed by atoms with Crippen molar-refractivity contribution >= 4 is 10.2 Å². The molecule has 126 valence electrons. The highest BCUT2D eigenvalue weighted by molar-refractivity contribution is 7.86. The number of piperidine rings is 1. The topological polar surface area (TPSA) is 52.7 Å². The van der Waals surface area contributed by atoms with Gasteiger partial charge in [-0.25, -0.2) is 0 Å². The van der Waals surface area contributed by atoms with Crippen LogP contribution in [0.4, 0.5) is 0 Å². The van der Waals surface area contributed by atoms with E-state index in [9.17, 15) is 8.42 Å². The normalized spacial score (nSPS) is 22.2. The van der Waals surface area contributed by atoms with Gasteiger partial charge in [0.1, 0.15) is 0 Å². The molecule has 0 radical (unpaired) electrons. The van der Waals surface area contributed by atoms with E-state index in [0.29, 0.717) is 19.1 Å². The molecule has 1 saturated heterocycles. The molecule has 21 heavy (non-hydrogen) atoms. The fourth-order valence-electron chi connectivity index (χ4n) is 2.78. The first kappa shape index (κ1) is 18.9. The lowest BCUT2D eigenvalue weighted by atomic mass is 9.97. The van der Waals surface area contributed by atoms with Crippen molar-refractivity contribution < 1.29 is 8.42 Å². The minimum Gasteiger partial charge on any atom is -0.313 e. The first-order chi connectivity index (χ1) is 9.54. The molecule has 1 atom stereocenters. The maximum absolute atomic E-state index is 12.8. The summed E-state index contributed by atoms with van der Waals surface area (Å²) >= 11 is 0. The van der Waals surface area contributed by atoms with E-state index in [1.807, 2.05) is 0 Å². The molecule has 0 aromatic rings. The summed E-state index contributed by atoms with van der Waals surface area (Å²) in [6, 6.07) is 0.456. The molecule has 0 saturated carbocycles. The second kappa shape index (κ2) is 7.40. The summed E-state index contributed by atoms with van der Waals surface area (Å²) in [6.07, 6.45) is 3.02. The molecule has 0 aromatic carbocycles. The molecule has 0 aromatic heterocycles. The van der Waals surface area contributed by atoms with Crippen molar-refractivity contribution in [3.05, 3.63) is 0 Å². The highest BCUT2D eigenvalue weighted by Crippen LogP contribution is 2.24. The van der Waals surface area contributed by atoms with Gasteiger partial charge in [-0.2, -0.15) is 17.0 Å². The van der Waals surface area contributed by atoms with Crippen molar-refractivity contribution in [1.29, 1.82) is 0 Å². The number of nitrogens with one attached hydrogen (secondary N) is 1. The molecule has 1 fully saturated rings. The monoisotopic (exact) mass is 319 g/mol. The predicted molar refractivity (Wildman–Crippen MR) is 88.5 cm³/mol. The van der Waals surface area contributed by atoms with Crippen molar-refractivity contribution in [3.8, 4) is 0 Å². The van der Waals surface area contributed by atoms with Crippen molar-refractivity contribution in [2.75, 3.05) is 26.7 Å². The maximum Gasteiger partial charge on any atom is 0.282 e. The Morgan fingerprint density at radius 1 is 1.29 bits per heavy atom. The van der Waals surface area contributed by atoms with Gasteiger partial charge in [0.15, 0.2) is 0 Å². The van der Waals surface area contributed by atoms with Crippen molar-refractivity contribution in [3.63, 3.8) is 0 Å². The molecule has 1 unspecified atom stereocenters. The zero-order chi connectivity index (χ0) is 16.3. The maximum atomic E-state index is 12.8. The molecule has 1 heterocycles. The van der Waals surface area contributed by atoms with Crippen LogP contribution < -0.4 is 5.32 Å². The van der Waals surface area contributed by atoms with Crippen LogP contribution in [0.25, 0.3) is 0 Å². The highest BCUT2D eigenvalue weighted by atomic mass is 32.2. The molecule has 0 amide bonds. The van der Waals surface area contributed by atoms with Gasteiger partial charge in [0.05, 0.1) is 0 Å². The lowest BCUT2D eigenvalue weighted by molar-refractivity contribution is 0.216. The SMILES string of the molecule is CC(C)NCC1CCCCN1S(=O)(=O)N(C)CC(C)(C)C. The lowest BCUT2D eigenvalue weighted by Gasteiger charge is -2.38. The molecule has 6 heteroatoms. The van der Waals surface area contributed by atoms with E-state index in [1.54, 1.807) is 11.4 Å². The Morgan fingerprint density at radius 3 is 2.43 bits per heavy atom. The van der Waals surface area contributed by atoms with Gasteiger partial charge in [0, 0.05) is 38.8 Å². The zero-order valence-corrected chi connectivity index (χ0v) is 15.3. The fraction of sp³-hybridized carbons (Fsp3) is 1.00. The van der Waals surface area contributed by atoms with Crippen molar-refractivity contribution in [1.82, 2.24) is 13.9 Å². The van der Waals surface area contributed by atoms with Crippen LogP contribution in [0.2, 0.25) is 0 Å². The van der Waals surface area contributed by atoms with Crippen LogP contribution in [0, 0.1) is 5.41 Å². The van der Waals surface area contributed by atoms with E-state index >= 15 is 0 Å². The summed E-state index contributed by atoms with van der Waals surface area (Å²) in [5.41, 5.74) is -0.0384. The third kappa shape index (κ3) is 5.85. The van der Waals surface area contributed by atoms with E-state index in [-0.39, 0.29) is 11.5 Å². The Labute approximate surface area is 131 Å². The molecule has 1 aliphatic rings. The molecule has 1 aliphatic heterocycles. The van der Waals surface area contributed by atoms with Crippen LogP contribution in [0.5, 0.6) is 0 Å². The Morgan fingerprint density at radius 2 is 1.90 bits per heavy atom. The number of rotatable bonds is 6. The molecular formula is C15H33N3O2S. The van der Waals surface area contributed by atoms with Crippen LogP contribution in [0.1, 0.15) is 53.9 Å². The largest absolute Gasteiger partial charge is 0.313 e. The van der Waals surface area contributed by atoms with Crippen LogP contribution in [0.15, 0.2) is 0 Å². The average molecular weight is 320 g/mol. The van der Waals surface area contributed by atoms with Crippen LogP contribution in [-0.2, 0) is 10.2 Å². The van der Waals surface area contributed by atoms with E-state index in [4.69, 9.17) is 0 Å². The lowest BCUT2D eigenvalue weighted by Crippen LogP contribution is -2.54. The Hall–Kier alpha value is -0.170. The summed E-state index contributed by atoms with van der Waals surface area (Å²) < 4.78 is 28.9. The average Bonchev–Trinajstić information content (AvgIpc) is 2.34. The summed E-state index contributed by atoms with van der Waals surface area (Å²) in [4.78, 5) is 0. The van der Waals surface area contributed by atoms with E-state index < -0.39 is 10.2 Å². The van der Waals surface area contributed by atoms with Gasteiger partial charge in [0.25, 0.3) is 10.2 Å². The van der Waals surface area contributed by atoms with Gasteiger partial charge in [-0.15, -0.1) is 0 Å². The minimum atomic E-state index is -3.37. The highest BCUT2D eigenvalue weighted by Gasteiger charge is 2.36. The molecule has 5 nitrogen and oxygen atoms in total. The first-order valence-corrected chi connectivity index (χ1v) is 9.40. The van der Waals surface area contributed by atoms with Gasteiger partial charge in [-0.1, -0.05) is 41.0 Å². The van der Waals surface area contributed by atoms with Gasteiger partial charge >= 0.3 is 0 Å². The van der Waals surface area contributed by atoms with Crippen molar-refractivity contribution in [2.24, 2.45) is 5.41 Å². The Kier molecular flexibility index (Phi) is 6.65. The number of nitrogens with zero attached hydrogens (tertiary/aromatic N) is 2. The van der Waals surface area contributed by atoms with Crippen LogP contribution >= 0.6 is 0 Å². The molecule has 0 bridgehead atoms. The predicted octanol–water partition coefficient (Wildman–Crippen LogP) is 2.06. The van der Waals surface area contributed by atoms with Gasteiger partial charge in [-0.05, 0) is 18.3 Å².